The van der Waals surface area contributed by atoms with E-state index in [2.05, 4.69) is 0 Å². The topological polar surface area (TPSA) is 60.4 Å². The monoisotopic (exact) mass is 274 g/mol. The zero-order valence-corrected chi connectivity index (χ0v) is 11.6. The van der Waals surface area contributed by atoms with E-state index < -0.39 is 11.4 Å². The molecule has 0 spiro atoms. The smallest absolute Gasteiger partial charge is 0.338 e. The van der Waals surface area contributed by atoms with E-state index in [1.165, 1.54) is 6.92 Å². The first-order chi connectivity index (χ1) is 9.53. The van der Waals surface area contributed by atoms with Crippen molar-refractivity contribution < 1.29 is 19.1 Å². The zero-order valence-electron chi connectivity index (χ0n) is 11.6. The van der Waals surface area contributed by atoms with Gasteiger partial charge in [0.15, 0.2) is 0 Å². The third-order valence-corrected chi connectivity index (χ3v) is 4.00. The summed E-state index contributed by atoms with van der Waals surface area (Å²) in [6, 6.07) is 8.69. The van der Waals surface area contributed by atoms with E-state index in [4.69, 9.17) is 4.74 Å². The van der Waals surface area contributed by atoms with Gasteiger partial charge in [-0.1, -0.05) is 18.2 Å². The van der Waals surface area contributed by atoms with Crippen LogP contribution in [0.1, 0.15) is 43.0 Å². The van der Waals surface area contributed by atoms with E-state index in [1.807, 2.05) is 6.07 Å². The van der Waals surface area contributed by atoms with Crippen LogP contribution in [0, 0.1) is 5.41 Å². The van der Waals surface area contributed by atoms with Gasteiger partial charge in [0.1, 0.15) is 18.2 Å². The van der Waals surface area contributed by atoms with Crippen LogP contribution < -0.4 is 0 Å². The third kappa shape index (κ3) is 3.13. The lowest BCUT2D eigenvalue weighted by Crippen LogP contribution is -2.39. The van der Waals surface area contributed by atoms with Crippen LogP contribution in [0.5, 0.6) is 0 Å². The molecule has 0 aliphatic heterocycles. The molecule has 1 aliphatic rings. The molecule has 4 nitrogen and oxygen atoms in total. The second-order valence-electron chi connectivity index (χ2n) is 5.32. The first-order valence-electron chi connectivity index (χ1n) is 6.78. The summed E-state index contributed by atoms with van der Waals surface area (Å²) in [7, 11) is 0. The average Bonchev–Trinajstić information content (AvgIpc) is 2.47. The van der Waals surface area contributed by atoms with Crippen molar-refractivity contribution in [3.63, 3.8) is 0 Å². The van der Waals surface area contributed by atoms with Crippen LogP contribution >= 0.6 is 0 Å². The predicted octanol–water partition coefficient (Wildman–Crippen LogP) is 2.56. The van der Waals surface area contributed by atoms with Gasteiger partial charge in [0.25, 0.3) is 0 Å². The Labute approximate surface area is 118 Å². The second-order valence-corrected chi connectivity index (χ2v) is 5.32. The van der Waals surface area contributed by atoms with Gasteiger partial charge in [-0.25, -0.2) is 4.79 Å². The molecule has 0 atom stereocenters. The fraction of sp³-hybridized carbons (Fsp3) is 0.438. The molecule has 0 saturated heterocycles. The van der Waals surface area contributed by atoms with Crippen molar-refractivity contribution in [2.24, 2.45) is 5.41 Å². The zero-order chi connectivity index (χ0) is 14.6. The minimum Gasteiger partial charge on any atom is -0.461 e. The predicted molar refractivity (Wildman–Crippen MR) is 73.3 cm³/mol. The molecule has 0 amide bonds. The number of carbonyl (C=O) groups excluding carboxylic acids is 3. The number of carbonyl (C=O) groups is 3. The Kier molecular flexibility index (Phi) is 4.32. The summed E-state index contributed by atoms with van der Waals surface area (Å²) in [5.41, 5.74) is -0.212. The minimum atomic E-state index is -0.682. The molecule has 0 radical (unpaired) electrons. The molecular formula is C16H18O4. The normalized spacial score (nSPS) is 17.6. The van der Waals surface area contributed by atoms with E-state index in [0.29, 0.717) is 31.2 Å². The Morgan fingerprint density at radius 3 is 2.30 bits per heavy atom. The summed E-state index contributed by atoms with van der Waals surface area (Å²) in [5, 5.41) is 0. The molecule has 2 rings (SSSR count). The Balaban J connectivity index is 2.01. The van der Waals surface area contributed by atoms with Crippen molar-refractivity contribution in [2.45, 2.75) is 32.6 Å². The standard InChI is InChI=1S/C16H18O4/c1-12(17)16(9-7-14(18)8-10-16)11-20-15(19)13-5-3-2-4-6-13/h2-6H,7-11H2,1H3. The van der Waals surface area contributed by atoms with Gasteiger partial charge in [0, 0.05) is 12.8 Å². The van der Waals surface area contributed by atoms with Crippen molar-refractivity contribution >= 4 is 17.5 Å². The number of benzene rings is 1. The molecule has 1 fully saturated rings. The molecule has 1 aliphatic carbocycles. The first kappa shape index (κ1) is 14.4. The van der Waals surface area contributed by atoms with Gasteiger partial charge in [-0.05, 0) is 31.9 Å². The lowest BCUT2D eigenvalue weighted by Gasteiger charge is -2.33. The largest absolute Gasteiger partial charge is 0.461 e. The Morgan fingerprint density at radius 1 is 1.15 bits per heavy atom. The first-order valence-corrected chi connectivity index (χ1v) is 6.78. The highest BCUT2D eigenvalue weighted by atomic mass is 16.5. The van der Waals surface area contributed by atoms with Crippen molar-refractivity contribution in [2.75, 3.05) is 6.61 Å². The Hall–Kier alpha value is -1.97. The quantitative estimate of drug-likeness (QED) is 0.792. The summed E-state index contributed by atoms with van der Waals surface area (Å²) < 4.78 is 5.30. The molecule has 4 heteroatoms. The highest BCUT2D eigenvalue weighted by Gasteiger charge is 2.40. The summed E-state index contributed by atoms with van der Waals surface area (Å²) in [4.78, 5) is 35.1. The van der Waals surface area contributed by atoms with Crippen LogP contribution in [0.2, 0.25) is 0 Å². The fourth-order valence-corrected chi connectivity index (χ4v) is 2.47. The molecule has 1 aromatic rings. The molecule has 0 heterocycles. The second kappa shape index (κ2) is 5.99. The number of Topliss-reactive ketones (excluding diaryl/α,β-unsaturated/α-hetero) is 2. The van der Waals surface area contributed by atoms with Gasteiger partial charge in [-0.2, -0.15) is 0 Å². The van der Waals surface area contributed by atoms with Gasteiger partial charge < -0.3 is 4.74 Å². The van der Waals surface area contributed by atoms with E-state index in [0.717, 1.165) is 0 Å². The molecule has 1 aromatic carbocycles. The maximum Gasteiger partial charge on any atom is 0.338 e. The molecular weight excluding hydrogens is 256 g/mol. The Bertz CT molecular complexity index is 509. The summed E-state index contributed by atoms with van der Waals surface area (Å²) in [6.07, 6.45) is 1.73. The highest BCUT2D eigenvalue weighted by Crippen LogP contribution is 2.36. The van der Waals surface area contributed by atoms with Gasteiger partial charge in [0.05, 0.1) is 11.0 Å². The van der Waals surface area contributed by atoms with Gasteiger partial charge in [-0.3, -0.25) is 9.59 Å². The molecule has 20 heavy (non-hydrogen) atoms. The van der Waals surface area contributed by atoms with Crippen LogP contribution in [0.4, 0.5) is 0 Å². The lowest BCUT2D eigenvalue weighted by molar-refractivity contribution is -0.134. The molecule has 0 aromatic heterocycles. The number of hydrogen-bond acceptors (Lipinski definition) is 4. The fourth-order valence-electron chi connectivity index (χ4n) is 2.47. The number of rotatable bonds is 4. The Morgan fingerprint density at radius 2 is 1.75 bits per heavy atom. The number of ketones is 2. The maximum absolute atomic E-state index is 11.9. The van der Waals surface area contributed by atoms with E-state index in [9.17, 15) is 14.4 Å². The van der Waals surface area contributed by atoms with Crippen LogP contribution in [-0.4, -0.2) is 24.1 Å². The molecule has 1 saturated carbocycles. The minimum absolute atomic E-state index is 0.00846. The van der Waals surface area contributed by atoms with Gasteiger partial charge in [-0.15, -0.1) is 0 Å². The van der Waals surface area contributed by atoms with Crippen LogP contribution in [0.15, 0.2) is 30.3 Å². The van der Waals surface area contributed by atoms with E-state index in [-0.39, 0.29) is 18.2 Å². The SMILES string of the molecule is CC(=O)C1(COC(=O)c2ccccc2)CCC(=O)CC1. The van der Waals surface area contributed by atoms with Crippen molar-refractivity contribution in [3.05, 3.63) is 35.9 Å². The number of hydrogen-bond donors (Lipinski definition) is 0. The van der Waals surface area contributed by atoms with Crippen molar-refractivity contribution in [1.29, 1.82) is 0 Å². The summed E-state index contributed by atoms with van der Waals surface area (Å²) >= 11 is 0. The van der Waals surface area contributed by atoms with E-state index >= 15 is 0 Å². The highest BCUT2D eigenvalue weighted by molar-refractivity contribution is 5.90. The van der Waals surface area contributed by atoms with Gasteiger partial charge >= 0.3 is 5.97 Å². The molecule has 0 unspecified atom stereocenters. The van der Waals surface area contributed by atoms with Crippen LogP contribution in [-0.2, 0) is 14.3 Å². The van der Waals surface area contributed by atoms with Crippen molar-refractivity contribution in [1.82, 2.24) is 0 Å². The van der Waals surface area contributed by atoms with E-state index in [1.54, 1.807) is 24.3 Å². The maximum atomic E-state index is 11.9. The van der Waals surface area contributed by atoms with Gasteiger partial charge in [0.2, 0.25) is 0 Å². The number of ether oxygens (including phenoxy) is 1. The third-order valence-electron chi connectivity index (χ3n) is 4.00. The molecule has 0 N–H and O–H groups in total. The number of esters is 1. The van der Waals surface area contributed by atoms with Crippen LogP contribution in [0.3, 0.4) is 0 Å². The molecule has 106 valence electrons. The van der Waals surface area contributed by atoms with Crippen LogP contribution in [0.25, 0.3) is 0 Å². The van der Waals surface area contributed by atoms with Crippen molar-refractivity contribution in [3.8, 4) is 0 Å². The molecule has 0 bridgehead atoms. The summed E-state index contributed by atoms with van der Waals surface area (Å²) in [5.74, 6) is -0.259. The lowest BCUT2D eigenvalue weighted by atomic mass is 9.71. The summed E-state index contributed by atoms with van der Waals surface area (Å²) in [6.45, 7) is 1.56. The average molecular weight is 274 g/mol.